The monoisotopic (exact) mass is 432 g/mol. The lowest BCUT2D eigenvalue weighted by atomic mass is 9.41. The normalized spacial score (nSPS) is 43.3. The fourth-order valence-electron chi connectivity index (χ4n) is 8.25. The Morgan fingerprint density at radius 1 is 1.23 bits per heavy atom. The van der Waals surface area contributed by atoms with E-state index in [9.17, 15) is 14.7 Å². The predicted octanol–water partition coefficient (Wildman–Crippen LogP) is 4.96. The minimum absolute atomic E-state index is 0.0163. The maximum Gasteiger partial charge on any atom is 0.331 e. The summed E-state index contributed by atoms with van der Waals surface area (Å²) in [5, 5.41) is 12.4. The molecule has 6 atom stereocenters. The quantitative estimate of drug-likeness (QED) is 0.622. The van der Waals surface area contributed by atoms with Crippen LogP contribution in [0.15, 0.2) is 11.6 Å². The molecule has 1 aliphatic heterocycles. The summed E-state index contributed by atoms with van der Waals surface area (Å²) in [4.78, 5) is 23.6. The second-order valence-corrected chi connectivity index (χ2v) is 11.4. The number of fused-ring (bicyclic) bond motifs is 1. The molecule has 3 aliphatic carbocycles. The van der Waals surface area contributed by atoms with Crippen molar-refractivity contribution in [3.8, 4) is 0 Å². The zero-order valence-electron chi connectivity index (χ0n) is 19.7. The van der Waals surface area contributed by atoms with Crippen LogP contribution in [0.1, 0.15) is 91.9 Å². The van der Waals surface area contributed by atoms with Gasteiger partial charge < -0.3 is 14.6 Å². The van der Waals surface area contributed by atoms with Gasteiger partial charge in [0.15, 0.2) is 0 Å². The highest BCUT2D eigenvalue weighted by atomic mass is 16.5. The third-order valence-electron chi connectivity index (χ3n) is 9.72. The zero-order valence-corrected chi connectivity index (χ0v) is 19.7. The van der Waals surface area contributed by atoms with Crippen LogP contribution in [0, 0.1) is 28.6 Å². The Bertz CT molecular complexity index is 753. The van der Waals surface area contributed by atoms with Crippen molar-refractivity contribution >= 4 is 11.9 Å². The minimum atomic E-state index is -0.860. The molecule has 0 radical (unpaired) electrons. The molecule has 5 nitrogen and oxygen atoms in total. The van der Waals surface area contributed by atoms with Crippen LogP contribution in [-0.2, 0) is 19.1 Å². The van der Waals surface area contributed by atoms with Gasteiger partial charge in [-0.25, -0.2) is 4.79 Å². The average Bonchev–Trinajstić information content (AvgIpc) is 3.36. The number of carbonyl (C=O) groups is 2. The van der Waals surface area contributed by atoms with E-state index in [0.717, 1.165) is 24.8 Å². The summed E-state index contributed by atoms with van der Waals surface area (Å²) in [7, 11) is 0. The number of hydrogen-bond acceptors (Lipinski definition) is 5. The van der Waals surface area contributed by atoms with Gasteiger partial charge in [-0.1, -0.05) is 40.0 Å². The van der Waals surface area contributed by atoms with Crippen LogP contribution < -0.4 is 0 Å². The Hall–Kier alpha value is -1.36. The number of cyclic esters (lactones) is 1. The van der Waals surface area contributed by atoms with Crippen LogP contribution in [0.25, 0.3) is 0 Å². The standard InChI is InChI=1S/C26H40O5/c1-17-14-21(31-18(2)27)23-24(3,20-8-5-6-9-20)11-7-12-25(23,4)26(17,29)13-10-19-15-22(28)30-16-19/h15,17,20-21,23,29H,5-14,16H2,1-4H3. The van der Waals surface area contributed by atoms with Gasteiger partial charge in [0.25, 0.3) is 0 Å². The van der Waals surface area contributed by atoms with Crippen molar-refractivity contribution < 1.29 is 24.2 Å². The van der Waals surface area contributed by atoms with Crippen molar-refractivity contribution in [2.24, 2.45) is 28.6 Å². The van der Waals surface area contributed by atoms with Crippen LogP contribution >= 0.6 is 0 Å². The summed E-state index contributed by atoms with van der Waals surface area (Å²) in [6.45, 7) is 8.66. The number of esters is 2. The zero-order chi connectivity index (χ0) is 22.4. The van der Waals surface area contributed by atoms with Crippen molar-refractivity contribution in [3.05, 3.63) is 11.6 Å². The van der Waals surface area contributed by atoms with Crippen molar-refractivity contribution in [1.82, 2.24) is 0 Å². The first kappa shape index (κ1) is 22.8. The third kappa shape index (κ3) is 3.75. The number of hydrogen-bond donors (Lipinski definition) is 1. The van der Waals surface area contributed by atoms with E-state index in [2.05, 4.69) is 20.8 Å². The lowest BCUT2D eigenvalue weighted by molar-refractivity contribution is -0.259. The fraction of sp³-hybridized carbons (Fsp3) is 0.846. The smallest absolute Gasteiger partial charge is 0.331 e. The Labute approximate surface area is 186 Å². The highest BCUT2D eigenvalue weighted by Gasteiger charge is 2.67. The molecule has 0 bridgehead atoms. The molecule has 0 spiro atoms. The van der Waals surface area contributed by atoms with Gasteiger partial charge in [-0.2, -0.15) is 0 Å². The lowest BCUT2D eigenvalue weighted by Crippen LogP contribution is -2.68. The van der Waals surface area contributed by atoms with E-state index in [-0.39, 0.29) is 40.7 Å². The van der Waals surface area contributed by atoms with Crippen LogP contribution in [0.4, 0.5) is 0 Å². The maximum atomic E-state index is 12.4. The largest absolute Gasteiger partial charge is 0.462 e. The molecule has 1 N–H and O–H groups in total. The number of ether oxygens (including phenoxy) is 2. The van der Waals surface area contributed by atoms with Crippen LogP contribution in [0.3, 0.4) is 0 Å². The average molecular weight is 433 g/mol. The van der Waals surface area contributed by atoms with Crippen LogP contribution in [-0.4, -0.2) is 35.4 Å². The second-order valence-electron chi connectivity index (χ2n) is 11.4. The molecule has 3 fully saturated rings. The van der Waals surface area contributed by atoms with Gasteiger partial charge in [0.05, 0.1) is 5.60 Å². The second kappa shape index (κ2) is 8.20. The molecule has 0 aromatic rings. The molecule has 31 heavy (non-hydrogen) atoms. The highest BCUT2D eigenvalue weighted by Crippen LogP contribution is 2.67. The Morgan fingerprint density at radius 2 is 1.94 bits per heavy atom. The molecule has 3 saturated carbocycles. The van der Waals surface area contributed by atoms with Crippen molar-refractivity contribution in [3.63, 3.8) is 0 Å². The summed E-state index contributed by atoms with van der Waals surface area (Å²) in [5.74, 6) is 0.316. The maximum absolute atomic E-state index is 12.4. The molecule has 1 heterocycles. The van der Waals surface area contributed by atoms with Gasteiger partial charge >= 0.3 is 11.9 Å². The first-order chi connectivity index (χ1) is 14.6. The summed E-state index contributed by atoms with van der Waals surface area (Å²) < 4.78 is 11.1. The SMILES string of the molecule is CC(=O)OC1CC(C)C(O)(CCC2=CC(=O)OC2)C2(C)CCCC(C)(C3CCCC3)C12. The van der Waals surface area contributed by atoms with Gasteiger partial charge in [0.1, 0.15) is 12.7 Å². The van der Waals surface area contributed by atoms with Crippen molar-refractivity contribution in [2.45, 2.75) is 104 Å². The third-order valence-corrected chi connectivity index (χ3v) is 9.72. The molecular weight excluding hydrogens is 392 g/mol. The lowest BCUT2D eigenvalue weighted by Gasteiger charge is -2.66. The Balaban J connectivity index is 1.70. The summed E-state index contributed by atoms with van der Waals surface area (Å²) in [6, 6.07) is 0. The van der Waals surface area contributed by atoms with Crippen LogP contribution in [0.5, 0.6) is 0 Å². The van der Waals surface area contributed by atoms with E-state index in [1.54, 1.807) is 6.08 Å². The van der Waals surface area contributed by atoms with Gasteiger partial charge in [-0.3, -0.25) is 4.79 Å². The topological polar surface area (TPSA) is 72.8 Å². The van der Waals surface area contributed by atoms with Gasteiger partial charge in [-0.05, 0) is 67.8 Å². The number of rotatable bonds is 5. The molecule has 0 aromatic heterocycles. The Morgan fingerprint density at radius 3 is 2.55 bits per heavy atom. The summed E-state index contributed by atoms with van der Waals surface area (Å²) in [5.41, 5.74) is -0.142. The Kier molecular flexibility index (Phi) is 6.04. The molecule has 0 aromatic carbocycles. The number of carbonyl (C=O) groups excluding carboxylic acids is 2. The molecule has 0 saturated heterocycles. The molecule has 4 aliphatic rings. The first-order valence-corrected chi connectivity index (χ1v) is 12.4. The minimum Gasteiger partial charge on any atom is -0.462 e. The van der Waals surface area contributed by atoms with Crippen LogP contribution in [0.2, 0.25) is 0 Å². The number of aliphatic hydroxyl groups is 1. The van der Waals surface area contributed by atoms with E-state index < -0.39 is 5.60 Å². The molecule has 4 rings (SSSR count). The molecule has 5 heteroatoms. The van der Waals surface area contributed by atoms with E-state index in [1.165, 1.54) is 32.6 Å². The van der Waals surface area contributed by atoms with Gasteiger partial charge in [-0.15, -0.1) is 0 Å². The molecule has 6 unspecified atom stereocenters. The first-order valence-electron chi connectivity index (χ1n) is 12.4. The van der Waals surface area contributed by atoms with E-state index in [4.69, 9.17) is 9.47 Å². The molecule has 174 valence electrons. The van der Waals surface area contributed by atoms with Gasteiger partial charge in [0, 0.05) is 24.3 Å². The molecule has 0 amide bonds. The van der Waals surface area contributed by atoms with E-state index in [0.29, 0.717) is 31.8 Å². The molecular formula is C26H40O5. The van der Waals surface area contributed by atoms with E-state index in [1.807, 2.05) is 0 Å². The van der Waals surface area contributed by atoms with Crippen molar-refractivity contribution in [2.75, 3.05) is 6.61 Å². The predicted molar refractivity (Wildman–Crippen MR) is 118 cm³/mol. The van der Waals surface area contributed by atoms with Gasteiger partial charge in [0.2, 0.25) is 0 Å². The summed E-state index contributed by atoms with van der Waals surface area (Å²) in [6.07, 6.45) is 11.7. The van der Waals surface area contributed by atoms with Crippen molar-refractivity contribution in [1.29, 1.82) is 0 Å². The highest BCUT2D eigenvalue weighted by molar-refractivity contribution is 5.85. The fourth-order valence-corrected chi connectivity index (χ4v) is 8.25. The van der Waals surface area contributed by atoms with E-state index >= 15 is 0 Å². The summed E-state index contributed by atoms with van der Waals surface area (Å²) >= 11 is 0.